The number of rotatable bonds is 6. The highest BCUT2D eigenvalue weighted by molar-refractivity contribution is 5.88. The average molecular weight is 382 g/mol. The molecule has 0 bridgehead atoms. The van der Waals surface area contributed by atoms with Crippen molar-refractivity contribution in [1.82, 2.24) is 10.2 Å². The molecule has 1 heterocycles. The van der Waals surface area contributed by atoms with Crippen molar-refractivity contribution < 1.29 is 24.2 Å². The van der Waals surface area contributed by atoms with Gasteiger partial charge in [-0.2, -0.15) is 0 Å². The van der Waals surface area contributed by atoms with Crippen LogP contribution in [0, 0.1) is 0 Å². The van der Waals surface area contributed by atoms with Gasteiger partial charge >= 0.3 is 12.1 Å². The third kappa shape index (κ3) is 4.88. The summed E-state index contributed by atoms with van der Waals surface area (Å²) in [5.41, 5.74) is 1.87. The zero-order valence-corrected chi connectivity index (χ0v) is 15.3. The Kier molecular flexibility index (Phi) is 6.26. The van der Waals surface area contributed by atoms with E-state index in [0.29, 0.717) is 13.0 Å². The van der Waals surface area contributed by atoms with Gasteiger partial charge in [0.15, 0.2) is 0 Å². The van der Waals surface area contributed by atoms with E-state index in [9.17, 15) is 14.4 Å². The third-order valence-corrected chi connectivity index (χ3v) is 4.66. The van der Waals surface area contributed by atoms with Gasteiger partial charge in [-0.05, 0) is 36.1 Å². The Morgan fingerprint density at radius 2 is 1.75 bits per heavy atom. The van der Waals surface area contributed by atoms with Crippen molar-refractivity contribution in [3.63, 3.8) is 0 Å². The van der Waals surface area contributed by atoms with Crippen LogP contribution in [0.25, 0.3) is 0 Å². The third-order valence-electron chi connectivity index (χ3n) is 4.66. The fourth-order valence-corrected chi connectivity index (χ4v) is 3.13. The highest BCUT2D eigenvalue weighted by Gasteiger charge is 2.34. The van der Waals surface area contributed by atoms with Gasteiger partial charge in [-0.25, -0.2) is 9.59 Å². The minimum atomic E-state index is -0.994. The Bertz CT molecular complexity index is 836. The summed E-state index contributed by atoms with van der Waals surface area (Å²) in [6.45, 7) is 0.918. The minimum Gasteiger partial charge on any atom is -0.478 e. The van der Waals surface area contributed by atoms with E-state index in [-0.39, 0.29) is 24.6 Å². The molecule has 0 radical (unpaired) electrons. The van der Waals surface area contributed by atoms with Gasteiger partial charge < -0.3 is 15.2 Å². The Morgan fingerprint density at radius 1 is 1.04 bits per heavy atom. The van der Waals surface area contributed by atoms with E-state index >= 15 is 0 Å². The highest BCUT2D eigenvalue weighted by Crippen LogP contribution is 2.19. The summed E-state index contributed by atoms with van der Waals surface area (Å²) in [5.74, 6) is -1.23. The van der Waals surface area contributed by atoms with Gasteiger partial charge in [0, 0.05) is 13.1 Å². The van der Waals surface area contributed by atoms with Gasteiger partial charge in [0.2, 0.25) is 5.91 Å². The number of carbonyl (C=O) groups is 3. The quantitative estimate of drug-likeness (QED) is 0.801. The fourth-order valence-electron chi connectivity index (χ4n) is 3.13. The number of nitrogens with zero attached hydrogens (tertiary/aromatic N) is 1. The van der Waals surface area contributed by atoms with E-state index in [0.717, 1.165) is 17.5 Å². The summed E-state index contributed by atoms with van der Waals surface area (Å²) < 4.78 is 5.34. The smallest absolute Gasteiger partial charge is 0.410 e. The van der Waals surface area contributed by atoms with Gasteiger partial charge in [-0.3, -0.25) is 9.69 Å². The second-order valence-corrected chi connectivity index (χ2v) is 6.61. The first-order valence-electron chi connectivity index (χ1n) is 9.12. The minimum absolute atomic E-state index is 0.167. The van der Waals surface area contributed by atoms with Crippen molar-refractivity contribution in [3.8, 4) is 0 Å². The first kappa shape index (κ1) is 19.4. The number of benzene rings is 2. The second-order valence-electron chi connectivity index (χ2n) is 6.61. The number of aromatic carboxylic acids is 1. The largest absolute Gasteiger partial charge is 0.478 e. The van der Waals surface area contributed by atoms with Crippen LogP contribution in [-0.2, 0) is 22.7 Å². The lowest BCUT2D eigenvalue weighted by Gasteiger charge is -2.23. The van der Waals surface area contributed by atoms with Crippen LogP contribution in [-0.4, -0.2) is 40.6 Å². The average Bonchev–Trinajstić information content (AvgIpc) is 3.21. The van der Waals surface area contributed by atoms with Crippen molar-refractivity contribution in [3.05, 3.63) is 71.3 Å². The second kappa shape index (κ2) is 9.03. The van der Waals surface area contributed by atoms with Gasteiger partial charge in [0.05, 0.1) is 5.56 Å². The Hall–Kier alpha value is -3.35. The topological polar surface area (TPSA) is 95.9 Å². The van der Waals surface area contributed by atoms with Crippen LogP contribution in [0.15, 0.2) is 54.6 Å². The predicted octanol–water partition coefficient (Wildman–Crippen LogP) is 2.80. The summed E-state index contributed by atoms with van der Waals surface area (Å²) in [6, 6.07) is 15.1. The van der Waals surface area contributed by atoms with Gasteiger partial charge in [0.25, 0.3) is 0 Å². The van der Waals surface area contributed by atoms with E-state index in [1.807, 2.05) is 30.3 Å². The van der Waals surface area contributed by atoms with E-state index in [4.69, 9.17) is 9.84 Å². The maximum atomic E-state index is 12.5. The first-order valence-corrected chi connectivity index (χ1v) is 9.12. The number of likely N-dealkylation sites (tertiary alicyclic amines) is 1. The number of hydrogen-bond donors (Lipinski definition) is 2. The molecule has 0 spiro atoms. The number of carboxylic acid groups (broad SMARTS) is 1. The maximum absolute atomic E-state index is 12.5. The number of ether oxygens (including phenoxy) is 1. The normalized spacial score (nSPS) is 15.9. The van der Waals surface area contributed by atoms with Crippen LogP contribution in [0.2, 0.25) is 0 Å². The van der Waals surface area contributed by atoms with E-state index in [2.05, 4.69) is 5.32 Å². The number of carbonyl (C=O) groups excluding carboxylic acids is 2. The van der Waals surface area contributed by atoms with Crippen molar-refractivity contribution in [1.29, 1.82) is 0 Å². The van der Waals surface area contributed by atoms with Crippen molar-refractivity contribution in [2.75, 3.05) is 6.54 Å². The van der Waals surface area contributed by atoms with E-state index < -0.39 is 18.1 Å². The van der Waals surface area contributed by atoms with Crippen LogP contribution in [0.5, 0.6) is 0 Å². The molecular weight excluding hydrogens is 360 g/mol. The Balaban J connectivity index is 1.52. The monoisotopic (exact) mass is 382 g/mol. The number of nitrogens with one attached hydrogen (secondary N) is 1. The van der Waals surface area contributed by atoms with Gasteiger partial charge in [-0.1, -0.05) is 42.5 Å². The van der Waals surface area contributed by atoms with Crippen LogP contribution < -0.4 is 5.32 Å². The van der Waals surface area contributed by atoms with Crippen molar-refractivity contribution >= 4 is 18.0 Å². The molecule has 2 aromatic carbocycles. The maximum Gasteiger partial charge on any atom is 0.410 e. The molecule has 2 amide bonds. The molecule has 1 aliphatic rings. The van der Waals surface area contributed by atoms with Gasteiger partial charge in [-0.15, -0.1) is 0 Å². The fraction of sp³-hybridized carbons (Fsp3) is 0.286. The molecular formula is C21H22N2O5. The summed E-state index contributed by atoms with van der Waals surface area (Å²) in [7, 11) is 0. The molecule has 3 rings (SSSR count). The number of carboxylic acids is 1. The zero-order chi connectivity index (χ0) is 19.9. The molecule has 1 atom stereocenters. The van der Waals surface area contributed by atoms with Crippen LogP contribution in [0.4, 0.5) is 4.79 Å². The molecule has 1 saturated heterocycles. The summed E-state index contributed by atoms with van der Waals surface area (Å²) in [6.07, 6.45) is 0.836. The first-order chi connectivity index (χ1) is 13.5. The SMILES string of the molecule is O=C(O)c1ccc(CNC(=O)[C@H]2CCCN2C(=O)OCc2ccccc2)cc1. The molecule has 2 N–H and O–H groups in total. The molecule has 146 valence electrons. The molecule has 1 aliphatic heterocycles. The lowest BCUT2D eigenvalue weighted by atomic mass is 10.1. The Labute approximate surface area is 162 Å². The molecule has 7 heteroatoms. The molecule has 1 fully saturated rings. The lowest BCUT2D eigenvalue weighted by Crippen LogP contribution is -2.45. The molecule has 0 aliphatic carbocycles. The van der Waals surface area contributed by atoms with Gasteiger partial charge in [0.1, 0.15) is 12.6 Å². The van der Waals surface area contributed by atoms with Crippen LogP contribution >= 0.6 is 0 Å². The molecule has 7 nitrogen and oxygen atoms in total. The summed E-state index contributed by atoms with van der Waals surface area (Å²) in [4.78, 5) is 37.2. The predicted molar refractivity (Wildman–Crippen MR) is 102 cm³/mol. The standard InChI is InChI=1S/C21H22N2O5/c24-19(22-13-15-8-10-17(11-9-15)20(25)26)18-7-4-12-23(18)21(27)28-14-16-5-2-1-3-6-16/h1-3,5-6,8-11,18H,4,7,12-14H2,(H,22,24)(H,25,26)/t18-/m1/s1. The summed E-state index contributed by atoms with van der Waals surface area (Å²) >= 11 is 0. The molecule has 2 aromatic rings. The van der Waals surface area contributed by atoms with E-state index in [1.165, 1.54) is 17.0 Å². The number of amides is 2. The highest BCUT2D eigenvalue weighted by atomic mass is 16.6. The van der Waals surface area contributed by atoms with Crippen LogP contribution in [0.1, 0.15) is 34.3 Å². The molecule has 0 saturated carbocycles. The van der Waals surface area contributed by atoms with E-state index in [1.54, 1.807) is 12.1 Å². The zero-order valence-electron chi connectivity index (χ0n) is 15.3. The molecule has 0 aromatic heterocycles. The summed E-state index contributed by atoms with van der Waals surface area (Å²) in [5, 5.41) is 11.7. The van der Waals surface area contributed by atoms with Crippen molar-refractivity contribution in [2.45, 2.75) is 32.0 Å². The molecule has 28 heavy (non-hydrogen) atoms. The van der Waals surface area contributed by atoms with Crippen molar-refractivity contribution in [2.24, 2.45) is 0 Å². The lowest BCUT2D eigenvalue weighted by molar-refractivity contribution is -0.125. The van der Waals surface area contributed by atoms with Crippen LogP contribution in [0.3, 0.4) is 0 Å². The number of hydrogen-bond acceptors (Lipinski definition) is 4. The Morgan fingerprint density at radius 3 is 2.43 bits per heavy atom. The molecule has 0 unspecified atom stereocenters.